The van der Waals surface area contributed by atoms with Crippen molar-refractivity contribution >= 4 is 50.5 Å². The number of carbonyl (C=O) groups is 2. The van der Waals surface area contributed by atoms with Crippen molar-refractivity contribution < 1.29 is 14.3 Å². The summed E-state index contributed by atoms with van der Waals surface area (Å²) in [7, 11) is 1.63. The number of hydrogen-bond acceptors (Lipinski definition) is 8. The fourth-order valence-electron chi connectivity index (χ4n) is 3.58. The van der Waals surface area contributed by atoms with E-state index in [1.165, 1.54) is 11.3 Å². The van der Waals surface area contributed by atoms with Gasteiger partial charge in [-0.2, -0.15) is 5.01 Å². The Morgan fingerprint density at radius 1 is 1.16 bits per heavy atom. The van der Waals surface area contributed by atoms with Crippen LogP contribution in [0.1, 0.15) is 12.0 Å². The number of aromatic nitrogens is 2. The van der Waals surface area contributed by atoms with Crippen LogP contribution in [0.4, 0.5) is 5.82 Å². The monoisotopic (exact) mass is 462 g/mol. The topological polar surface area (TPSA) is 84.4 Å². The molecule has 1 aromatic carbocycles. The van der Waals surface area contributed by atoms with E-state index >= 15 is 0 Å². The Morgan fingerprint density at radius 2 is 1.94 bits per heavy atom. The van der Waals surface area contributed by atoms with Crippen LogP contribution in [0, 0.1) is 6.92 Å². The van der Waals surface area contributed by atoms with Gasteiger partial charge in [0.15, 0.2) is 11.6 Å². The van der Waals surface area contributed by atoms with Crippen LogP contribution in [-0.2, 0) is 9.59 Å². The lowest BCUT2D eigenvalue weighted by molar-refractivity contribution is -0.135. The Labute approximate surface area is 192 Å². The normalized spacial score (nSPS) is 13.9. The summed E-state index contributed by atoms with van der Waals surface area (Å²) in [5.41, 5.74) is 5.20. The third-order valence-electron chi connectivity index (χ3n) is 5.22. The third kappa shape index (κ3) is 3.35. The summed E-state index contributed by atoms with van der Waals surface area (Å²) in [6.07, 6.45) is -0.00242. The minimum atomic E-state index is -0.442. The molecule has 0 bridgehead atoms. The van der Waals surface area contributed by atoms with Crippen LogP contribution < -0.4 is 10.2 Å². The maximum atomic E-state index is 12.4. The van der Waals surface area contributed by atoms with E-state index in [0.717, 1.165) is 41.9 Å². The Bertz CT molecular complexity index is 1370. The first-order valence-electron chi connectivity index (χ1n) is 9.77. The standard InChI is InChI=1S/C23H18N4O3S2/c1-12-11-17(28)27(23(12)29)26-21-18-13(2)19(14-6-8-15(30-3)9-7-14)32-22(18)25-20(24-21)16-5-4-10-31-16/h4-10H,1,11H2,2-3H3,(H,24,25,26). The number of ether oxygens (including phenoxy) is 1. The molecule has 32 heavy (non-hydrogen) atoms. The molecule has 2 amide bonds. The van der Waals surface area contributed by atoms with E-state index in [-0.39, 0.29) is 17.9 Å². The Kier molecular flexibility index (Phi) is 4.99. The molecule has 1 aliphatic rings. The van der Waals surface area contributed by atoms with E-state index < -0.39 is 5.91 Å². The maximum Gasteiger partial charge on any atom is 0.275 e. The van der Waals surface area contributed by atoms with Gasteiger partial charge in [-0.25, -0.2) is 9.97 Å². The highest BCUT2D eigenvalue weighted by molar-refractivity contribution is 7.22. The van der Waals surface area contributed by atoms with Crippen LogP contribution in [0.2, 0.25) is 0 Å². The molecule has 4 aromatic rings. The van der Waals surface area contributed by atoms with E-state index in [0.29, 0.717) is 11.6 Å². The van der Waals surface area contributed by atoms with Gasteiger partial charge in [0.05, 0.1) is 23.8 Å². The zero-order valence-electron chi connectivity index (χ0n) is 17.3. The van der Waals surface area contributed by atoms with Gasteiger partial charge in [-0.15, -0.1) is 22.7 Å². The van der Waals surface area contributed by atoms with Gasteiger partial charge in [0.1, 0.15) is 10.6 Å². The van der Waals surface area contributed by atoms with Crippen molar-refractivity contribution in [2.75, 3.05) is 12.5 Å². The molecule has 0 aliphatic carbocycles. The molecule has 0 atom stereocenters. The van der Waals surface area contributed by atoms with Crippen LogP contribution >= 0.6 is 22.7 Å². The second kappa shape index (κ2) is 7.85. The summed E-state index contributed by atoms with van der Waals surface area (Å²) in [6.45, 7) is 5.67. The fraction of sp³-hybridized carbons (Fsp3) is 0.130. The second-order valence-corrected chi connectivity index (χ2v) is 9.21. The highest BCUT2D eigenvalue weighted by Gasteiger charge is 2.34. The predicted molar refractivity (Wildman–Crippen MR) is 127 cm³/mol. The number of hydrogen-bond donors (Lipinski definition) is 1. The van der Waals surface area contributed by atoms with Crippen molar-refractivity contribution in [3.63, 3.8) is 0 Å². The van der Waals surface area contributed by atoms with Crippen LogP contribution in [0.25, 0.3) is 31.4 Å². The zero-order chi connectivity index (χ0) is 22.4. The lowest BCUT2D eigenvalue weighted by Crippen LogP contribution is -2.35. The molecule has 0 radical (unpaired) electrons. The smallest absolute Gasteiger partial charge is 0.275 e. The number of nitrogens with one attached hydrogen (secondary N) is 1. The van der Waals surface area contributed by atoms with Gasteiger partial charge in [-0.05, 0) is 53.8 Å². The molecule has 0 unspecified atom stereocenters. The summed E-state index contributed by atoms with van der Waals surface area (Å²) >= 11 is 3.07. The largest absolute Gasteiger partial charge is 0.497 e. The molecule has 9 heteroatoms. The number of benzene rings is 1. The molecule has 1 N–H and O–H groups in total. The Hall–Kier alpha value is -3.56. The van der Waals surface area contributed by atoms with E-state index in [9.17, 15) is 9.59 Å². The number of hydrazine groups is 1. The molecule has 5 rings (SSSR count). The number of thiophene rings is 2. The maximum absolute atomic E-state index is 12.4. The van der Waals surface area contributed by atoms with Crippen molar-refractivity contribution in [1.82, 2.24) is 15.0 Å². The minimum Gasteiger partial charge on any atom is -0.497 e. The second-order valence-electron chi connectivity index (χ2n) is 7.26. The minimum absolute atomic E-state index is 0.00242. The molecule has 0 spiro atoms. The molecule has 1 fully saturated rings. The molecular weight excluding hydrogens is 444 g/mol. The quantitative estimate of drug-likeness (QED) is 0.330. The number of imide groups is 1. The van der Waals surface area contributed by atoms with Gasteiger partial charge in [-0.3, -0.25) is 15.0 Å². The lowest BCUT2D eigenvalue weighted by Gasteiger charge is -2.17. The first-order valence-corrected chi connectivity index (χ1v) is 11.5. The van der Waals surface area contributed by atoms with Gasteiger partial charge in [-0.1, -0.05) is 12.6 Å². The van der Waals surface area contributed by atoms with Gasteiger partial charge in [0.25, 0.3) is 11.8 Å². The molecule has 4 heterocycles. The van der Waals surface area contributed by atoms with Crippen LogP contribution in [0.15, 0.2) is 53.9 Å². The van der Waals surface area contributed by atoms with E-state index in [4.69, 9.17) is 14.7 Å². The SMILES string of the molecule is C=C1CC(=O)N(Nc2nc(-c3cccs3)nc3sc(-c4ccc(OC)cc4)c(C)c23)C1=O. The van der Waals surface area contributed by atoms with E-state index in [1.807, 2.05) is 48.7 Å². The average Bonchev–Trinajstić information content (AvgIpc) is 3.50. The van der Waals surface area contributed by atoms with Crippen molar-refractivity contribution in [2.45, 2.75) is 13.3 Å². The summed E-state index contributed by atoms with van der Waals surface area (Å²) in [5, 5.41) is 3.72. The first kappa shape index (κ1) is 20.3. The number of fused-ring (bicyclic) bond motifs is 1. The van der Waals surface area contributed by atoms with Crippen molar-refractivity contribution in [1.29, 1.82) is 0 Å². The van der Waals surface area contributed by atoms with Gasteiger partial charge < -0.3 is 4.74 Å². The lowest BCUT2D eigenvalue weighted by atomic mass is 10.1. The predicted octanol–water partition coefficient (Wildman–Crippen LogP) is 5.05. The number of aryl methyl sites for hydroxylation is 1. The molecule has 1 aliphatic heterocycles. The third-order valence-corrected chi connectivity index (χ3v) is 7.32. The van der Waals surface area contributed by atoms with Gasteiger partial charge in [0.2, 0.25) is 0 Å². The number of nitrogens with zero attached hydrogens (tertiary/aromatic N) is 3. The summed E-state index contributed by atoms with van der Waals surface area (Å²) in [6, 6.07) is 11.7. The molecule has 160 valence electrons. The average molecular weight is 463 g/mol. The highest BCUT2D eigenvalue weighted by atomic mass is 32.1. The summed E-state index contributed by atoms with van der Waals surface area (Å²) < 4.78 is 5.27. The van der Waals surface area contributed by atoms with Crippen molar-refractivity contribution in [3.8, 4) is 26.9 Å². The van der Waals surface area contributed by atoms with E-state index in [2.05, 4.69) is 12.0 Å². The number of methoxy groups -OCH3 is 1. The Balaban J connectivity index is 1.68. The number of anilines is 1. The number of rotatable bonds is 5. The number of carbonyl (C=O) groups excluding carboxylic acids is 2. The molecule has 1 saturated heterocycles. The molecule has 7 nitrogen and oxygen atoms in total. The van der Waals surface area contributed by atoms with Crippen LogP contribution in [0.5, 0.6) is 5.75 Å². The van der Waals surface area contributed by atoms with Gasteiger partial charge >= 0.3 is 0 Å². The summed E-state index contributed by atoms with van der Waals surface area (Å²) in [5.74, 6) is 0.940. The van der Waals surface area contributed by atoms with Crippen LogP contribution in [-0.4, -0.2) is 33.9 Å². The Morgan fingerprint density at radius 3 is 2.56 bits per heavy atom. The first-order chi connectivity index (χ1) is 15.5. The van der Waals surface area contributed by atoms with Crippen LogP contribution in [0.3, 0.4) is 0 Å². The van der Waals surface area contributed by atoms with E-state index in [1.54, 1.807) is 18.4 Å². The fourth-order valence-corrected chi connectivity index (χ4v) is 5.43. The molecular formula is C23H18N4O3S2. The summed E-state index contributed by atoms with van der Waals surface area (Å²) in [4.78, 5) is 37.0. The van der Waals surface area contributed by atoms with Crippen molar-refractivity contribution in [2.24, 2.45) is 0 Å². The van der Waals surface area contributed by atoms with Gasteiger partial charge in [0, 0.05) is 10.5 Å². The van der Waals surface area contributed by atoms with Crippen molar-refractivity contribution in [3.05, 3.63) is 59.5 Å². The zero-order valence-corrected chi connectivity index (χ0v) is 19.0. The molecule has 3 aromatic heterocycles. The number of amides is 2. The highest BCUT2D eigenvalue weighted by Crippen LogP contribution is 2.42. The molecule has 0 saturated carbocycles.